The first kappa shape index (κ1) is 23.2. The molecule has 2 aliphatic heterocycles. The predicted octanol–water partition coefficient (Wildman–Crippen LogP) is 3.60. The van der Waals surface area contributed by atoms with Gasteiger partial charge in [-0.05, 0) is 48.2 Å². The fourth-order valence-electron chi connectivity index (χ4n) is 4.66. The lowest BCUT2D eigenvalue weighted by molar-refractivity contribution is -0.126. The molecule has 182 valence electrons. The number of carbonyl (C=O) groups excluding carboxylic acids is 2. The van der Waals surface area contributed by atoms with Crippen molar-refractivity contribution in [1.82, 2.24) is 19.8 Å². The second-order valence-electron chi connectivity index (χ2n) is 8.96. The standard InChI is InChI=1S/C26H26F2N4O3/c27-20-6-4-18(5-7-20)23-14-32-16-30-24(22(32)15-35-23)26(34)31-10-8-19(9-11-31)25(33)29-13-17-2-1-3-21(28)12-17/h1-7,12,16,19,23H,8-11,13-15H2,(H,29,33). The summed E-state index contributed by atoms with van der Waals surface area (Å²) in [4.78, 5) is 31.8. The zero-order valence-corrected chi connectivity index (χ0v) is 19.1. The van der Waals surface area contributed by atoms with Gasteiger partial charge in [-0.1, -0.05) is 24.3 Å². The number of benzene rings is 2. The Hall–Kier alpha value is -3.59. The van der Waals surface area contributed by atoms with Crippen LogP contribution in [0.2, 0.25) is 0 Å². The monoisotopic (exact) mass is 480 g/mol. The van der Waals surface area contributed by atoms with Gasteiger partial charge in [-0.2, -0.15) is 0 Å². The SMILES string of the molecule is O=C(NCc1cccc(F)c1)C1CCN(C(=O)c2ncn3c2COC(c2ccc(F)cc2)C3)CC1. The maximum absolute atomic E-state index is 13.3. The number of ether oxygens (including phenoxy) is 1. The molecule has 1 fully saturated rings. The van der Waals surface area contributed by atoms with Crippen molar-refractivity contribution in [2.75, 3.05) is 13.1 Å². The number of carbonyl (C=O) groups is 2. The molecule has 1 aromatic heterocycles. The summed E-state index contributed by atoms with van der Waals surface area (Å²) in [7, 11) is 0. The minimum atomic E-state index is -0.332. The van der Waals surface area contributed by atoms with Crippen LogP contribution in [0.1, 0.15) is 46.3 Å². The molecular formula is C26H26F2N4O3. The summed E-state index contributed by atoms with van der Waals surface area (Å²) in [6, 6.07) is 12.4. The van der Waals surface area contributed by atoms with Crippen molar-refractivity contribution in [3.63, 3.8) is 0 Å². The Balaban J connectivity index is 1.15. The minimum absolute atomic E-state index is 0.0824. The molecule has 0 saturated carbocycles. The molecule has 35 heavy (non-hydrogen) atoms. The van der Waals surface area contributed by atoms with Crippen LogP contribution in [0.5, 0.6) is 0 Å². The molecule has 5 rings (SSSR count). The summed E-state index contributed by atoms with van der Waals surface area (Å²) in [6.45, 7) is 1.93. The highest BCUT2D eigenvalue weighted by molar-refractivity contribution is 5.93. The number of nitrogens with zero attached hydrogens (tertiary/aromatic N) is 3. The van der Waals surface area contributed by atoms with Gasteiger partial charge in [-0.25, -0.2) is 13.8 Å². The summed E-state index contributed by atoms with van der Waals surface area (Å²) in [5.74, 6) is -1.07. The number of likely N-dealkylation sites (tertiary alicyclic amines) is 1. The van der Waals surface area contributed by atoms with Gasteiger partial charge in [-0.15, -0.1) is 0 Å². The van der Waals surface area contributed by atoms with Gasteiger partial charge in [0.05, 0.1) is 25.2 Å². The van der Waals surface area contributed by atoms with Crippen molar-refractivity contribution in [3.8, 4) is 0 Å². The van der Waals surface area contributed by atoms with Gasteiger partial charge in [0.15, 0.2) is 5.69 Å². The number of rotatable bonds is 5. The van der Waals surface area contributed by atoms with Crippen LogP contribution in [0.3, 0.4) is 0 Å². The van der Waals surface area contributed by atoms with Crippen molar-refractivity contribution in [3.05, 3.63) is 89.0 Å². The van der Waals surface area contributed by atoms with E-state index in [1.165, 1.54) is 24.3 Å². The largest absolute Gasteiger partial charge is 0.365 e. The van der Waals surface area contributed by atoms with Gasteiger partial charge in [0.25, 0.3) is 5.91 Å². The number of nitrogens with one attached hydrogen (secondary N) is 1. The van der Waals surface area contributed by atoms with Crippen LogP contribution in [-0.4, -0.2) is 39.4 Å². The minimum Gasteiger partial charge on any atom is -0.365 e. The van der Waals surface area contributed by atoms with E-state index >= 15 is 0 Å². The Labute approximate surface area is 201 Å². The first-order valence-electron chi connectivity index (χ1n) is 11.7. The molecule has 2 aliphatic rings. The van der Waals surface area contributed by atoms with E-state index in [1.807, 2.05) is 4.57 Å². The number of amides is 2. The van der Waals surface area contributed by atoms with Crippen LogP contribution in [0.4, 0.5) is 8.78 Å². The van der Waals surface area contributed by atoms with E-state index < -0.39 is 0 Å². The summed E-state index contributed by atoms with van der Waals surface area (Å²) in [5.41, 5.74) is 2.68. The molecular weight excluding hydrogens is 454 g/mol. The lowest BCUT2D eigenvalue weighted by Gasteiger charge is -2.31. The summed E-state index contributed by atoms with van der Waals surface area (Å²) >= 11 is 0. The van der Waals surface area contributed by atoms with E-state index in [2.05, 4.69) is 10.3 Å². The Morgan fingerprint density at radius 2 is 1.83 bits per heavy atom. The van der Waals surface area contributed by atoms with Gasteiger partial charge in [0, 0.05) is 25.6 Å². The number of hydrogen-bond acceptors (Lipinski definition) is 4. The molecule has 3 heterocycles. The fraction of sp³-hybridized carbons (Fsp3) is 0.346. The fourth-order valence-corrected chi connectivity index (χ4v) is 4.66. The van der Waals surface area contributed by atoms with Crippen molar-refractivity contribution in [1.29, 1.82) is 0 Å². The quantitative estimate of drug-likeness (QED) is 0.606. The maximum atomic E-state index is 13.3. The van der Waals surface area contributed by atoms with E-state index in [0.717, 1.165) is 11.3 Å². The number of piperidine rings is 1. The van der Waals surface area contributed by atoms with Crippen molar-refractivity contribution >= 4 is 11.8 Å². The van der Waals surface area contributed by atoms with E-state index in [0.29, 0.717) is 43.7 Å². The van der Waals surface area contributed by atoms with Gasteiger partial charge < -0.3 is 19.5 Å². The molecule has 0 bridgehead atoms. The van der Waals surface area contributed by atoms with Gasteiger partial charge in [0.2, 0.25) is 5.91 Å². The van der Waals surface area contributed by atoms with E-state index in [-0.39, 0.29) is 48.6 Å². The highest BCUT2D eigenvalue weighted by Gasteiger charge is 2.32. The highest BCUT2D eigenvalue weighted by atomic mass is 19.1. The molecule has 1 N–H and O–H groups in total. The topological polar surface area (TPSA) is 76.5 Å². The molecule has 0 spiro atoms. The third-order valence-corrected chi connectivity index (χ3v) is 6.68. The molecule has 1 saturated heterocycles. The van der Waals surface area contributed by atoms with Crippen LogP contribution in [0.15, 0.2) is 54.9 Å². The second kappa shape index (κ2) is 9.95. The number of aromatic nitrogens is 2. The summed E-state index contributed by atoms with van der Waals surface area (Å²) in [6.07, 6.45) is 2.52. The lowest BCUT2D eigenvalue weighted by Crippen LogP contribution is -2.43. The molecule has 2 aromatic carbocycles. The molecule has 7 nitrogen and oxygen atoms in total. The van der Waals surface area contributed by atoms with Gasteiger partial charge in [0.1, 0.15) is 17.7 Å². The molecule has 0 radical (unpaired) electrons. The normalized spacial score (nSPS) is 18.2. The van der Waals surface area contributed by atoms with Crippen molar-refractivity contribution < 1.29 is 23.1 Å². The molecule has 3 aromatic rings. The number of hydrogen-bond donors (Lipinski definition) is 1. The van der Waals surface area contributed by atoms with Gasteiger partial charge in [-0.3, -0.25) is 9.59 Å². The van der Waals surface area contributed by atoms with E-state index in [1.54, 1.807) is 35.5 Å². The summed E-state index contributed by atoms with van der Waals surface area (Å²) < 4.78 is 34.4. The number of halogens is 2. The first-order chi connectivity index (χ1) is 17.0. The predicted molar refractivity (Wildman–Crippen MR) is 123 cm³/mol. The Morgan fingerprint density at radius 3 is 2.57 bits per heavy atom. The Kier molecular flexibility index (Phi) is 6.59. The van der Waals surface area contributed by atoms with Crippen LogP contribution in [-0.2, 0) is 29.2 Å². The highest BCUT2D eigenvalue weighted by Crippen LogP contribution is 2.29. The first-order valence-corrected chi connectivity index (χ1v) is 11.7. The average Bonchev–Trinajstić information content (AvgIpc) is 3.31. The molecule has 9 heteroatoms. The molecule has 1 atom stereocenters. The van der Waals surface area contributed by atoms with Crippen LogP contribution in [0.25, 0.3) is 0 Å². The summed E-state index contributed by atoms with van der Waals surface area (Å²) in [5, 5.41) is 2.87. The second-order valence-corrected chi connectivity index (χ2v) is 8.96. The van der Waals surface area contributed by atoms with Crippen molar-refractivity contribution in [2.45, 2.75) is 38.6 Å². The molecule has 1 unspecified atom stereocenters. The smallest absolute Gasteiger partial charge is 0.274 e. The third kappa shape index (κ3) is 5.09. The van der Waals surface area contributed by atoms with E-state index in [4.69, 9.17) is 4.74 Å². The van der Waals surface area contributed by atoms with Crippen LogP contribution in [0, 0.1) is 17.6 Å². The molecule has 0 aliphatic carbocycles. The zero-order chi connectivity index (χ0) is 24.4. The number of fused-ring (bicyclic) bond motifs is 1. The Morgan fingerprint density at radius 1 is 1.06 bits per heavy atom. The van der Waals surface area contributed by atoms with Crippen molar-refractivity contribution in [2.24, 2.45) is 5.92 Å². The van der Waals surface area contributed by atoms with Gasteiger partial charge >= 0.3 is 0 Å². The maximum Gasteiger partial charge on any atom is 0.274 e. The van der Waals surface area contributed by atoms with Crippen LogP contribution >= 0.6 is 0 Å². The Bertz CT molecular complexity index is 1220. The third-order valence-electron chi connectivity index (χ3n) is 6.68. The average molecular weight is 481 g/mol. The lowest BCUT2D eigenvalue weighted by atomic mass is 9.95. The molecule has 2 amide bonds. The zero-order valence-electron chi connectivity index (χ0n) is 19.1. The number of imidazole rings is 1. The van der Waals surface area contributed by atoms with E-state index in [9.17, 15) is 18.4 Å². The van der Waals surface area contributed by atoms with Crippen LogP contribution < -0.4 is 5.32 Å².